The molecule has 1 saturated carbocycles. The second-order valence-electron chi connectivity index (χ2n) is 8.37. The third-order valence-corrected chi connectivity index (χ3v) is 6.50. The molecular formula is C23H25N3O3. The standard InChI is InChI=1S/C23H25N3O3/c1-23(16-7-3-2-4-8-16)15-25(22(28)29-23)17-11-13-18(14-12-17)26-20-10-6-5-9-19(20)24-21(26)27/h2-10,17-18H,11-15H2,1H3,(H,24,27)/t17-,18-,23?. The van der Waals surface area contributed by atoms with Crippen molar-refractivity contribution in [3.63, 3.8) is 0 Å². The summed E-state index contributed by atoms with van der Waals surface area (Å²) in [5.41, 5.74) is 2.20. The average molecular weight is 391 g/mol. The molecule has 0 spiro atoms. The van der Waals surface area contributed by atoms with Crippen LogP contribution in [0.15, 0.2) is 59.4 Å². The monoisotopic (exact) mass is 391 g/mol. The summed E-state index contributed by atoms with van der Waals surface area (Å²) in [7, 11) is 0. The van der Waals surface area contributed by atoms with Gasteiger partial charge in [-0.15, -0.1) is 0 Å². The molecule has 29 heavy (non-hydrogen) atoms. The highest BCUT2D eigenvalue weighted by Gasteiger charge is 2.46. The minimum absolute atomic E-state index is 0.0492. The minimum atomic E-state index is -0.608. The van der Waals surface area contributed by atoms with Crippen molar-refractivity contribution in [1.82, 2.24) is 14.5 Å². The third kappa shape index (κ3) is 3.03. The number of cyclic esters (lactones) is 1. The van der Waals surface area contributed by atoms with Gasteiger partial charge in [0.1, 0.15) is 0 Å². The first-order valence-corrected chi connectivity index (χ1v) is 10.3. The lowest BCUT2D eigenvalue weighted by molar-refractivity contribution is 0.0696. The Morgan fingerprint density at radius 2 is 1.59 bits per heavy atom. The summed E-state index contributed by atoms with van der Waals surface area (Å²) < 4.78 is 7.69. The van der Waals surface area contributed by atoms with E-state index in [0.717, 1.165) is 42.3 Å². The van der Waals surface area contributed by atoms with Crippen LogP contribution in [0.1, 0.15) is 44.2 Å². The van der Waals surface area contributed by atoms with Gasteiger partial charge in [0.05, 0.1) is 17.6 Å². The van der Waals surface area contributed by atoms with E-state index in [0.29, 0.717) is 6.54 Å². The van der Waals surface area contributed by atoms with Crippen LogP contribution in [0.4, 0.5) is 4.79 Å². The number of para-hydroxylation sites is 2. The topological polar surface area (TPSA) is 67.3 Å². The van der Waals surface area contributed by atoms with E-state index < -0.39 is 5.60 Å². The van der Waals surface area contributed by atoms with Crippen LogP contribution in [-0.4, -0.2) is 33.1 Å². The molecule has 1 unspecified atom stereocenters. The van der Waals surface area contributed by atoms with Crippen molar-refractivity contribution >= 4 is 17.1 Å². The summed E-state index contributed by atoms with van der Waals surface area (Å²) in [5, 5.41) is 0. The largest absolute Gasteiger partial charge is 0.436 e. The Balaban J connectivity index is 1.31. The number of aromatic nitrogens is 2. The highest BCUT2D eigenvalue weighted by molar-refractivity contribution is 5.75. The summed E-state index contributed by atoms with van der Waals surface area (Å²) in [6.45, 7) is 2.55. The molecule has 0 radical (unpaired) electrons. The van der Waals surface area contributed by atoms with E-state index in [1.165, 1.54) is 0 Å². The van der Waals surface area contributed by atoms with Crippen molar-refractivity contribution in [3.8, 4) is 0 Å². The maximum atomic E-state index is 12.6. The van der Waals surface area contributed by atoms with Crippen molar-refractivity contribution < 1.29 is 9.53 Å². The Morgan fingerprint density at radius 3 is 2.34 bits per heavy atom. The predicted molar refractivity (Wildman–Crippen MR) is 111 cm³/mol. The minimum Gasteiger partial charge on any atom is -0.436 e. The number of H-pyrrole nitrogens is 1. The number of nitrogens with one attached hydrogen (secondary N) is 1. The van der Waals surface area contributed by atoms with Crippen LogP contribution < -0.4 is 5.69 Å². The summed E-state index contributed by atoms with van der Waals surface area (Å²) in [6, 6.07) is 18.1. The van der Waals surface area contributed by atoms with Crippen LogP contribution in [0.5, 0.6) is 0 Å². The van der Waals surface area contributed by atoms with Crippen LogP contribution in [-0.2, 0) is 10.3 Å². The lowest BCUT2D eigenvalue weighted by Gasteiger charge is -2.34. The van der Waals surface area contributed by atoms with Crippen LogP contribution in [0.25, 0.3) is 11.0 Å². The van der Waals surface area contributed by atoms with Crippen molar-refractivity contribution in [3.05, 3.63) is 70.6 Å². The number of benzene rings is 2. The Morgan fingerprint density at radius 1 is 0.931 bits per heavy atom. The molecule has 1 aliphatic heterocycles. The Bertz CT molecular complexity index is 1100. The van der Waals surface area contributed by atoms with Crippen molar-refractivity contribution in [2.75, 3.05) is 6.54 Å². The van der Waals surface area contributed by atoms with Crippen LogP contribution >= 0.6 is 0 Å². The first-order chi connectivity index (χ1) is 14.0. The van der Waals surface area contributed by atoms with Gasteiger partial charge in [0.2, 0.25) is 0 Å². The molecule has 2 aliphatic rings. The predicted octanol–water partition coefficient (Wildman–Crippen LogP) is 4.18. The molecule has 1 aliphatic carbocycles. The quantitative estimate of drug-likeness (QED) is 0.728. The number of carbonyl (C=O) groups is 1. The van der Waals surface area contributed by atoms with Crippen LogP contribution in [0.2, 0.25) is 0 Å². The van der Waals surface area contributed by atoms with Gasteiger partial charge in [0.15, 0.2) is 5.60 Å². The maximum absolute atomic E-state index is 12.6. The second-order valence-corrected chi connectivity index (χ2v) is 8.37. The van der Waals surface area contributed by atoms with Crippen molar-refractivity contribution in [2.24, 2.45) is 0 Å². The van der Waals surface area contributed by atoms with E-state index in [4.69, 9.17) is 4.74 Å². The van der Waals surface area contributed by atoms with Crippen LogP contribution in [0, 0.1) is 0 Å². The van der Waals surface area contributed by atoms with E-state index in [-0.39, 0.29) is 23.9 Å². The number of hydrogen-bond acceptors (Lipinski definition) is 3. The van der Waals surface area contributed by atoms with Gasteiger partial charge in [0.25, 0.3) is 0 Å². The normalized spacial score (nSPS) is 27.3. The maximum Gasteiger partial charge on any atom is 0.411 e. The van der Waals surface area contributed by atoms with Gasteiger partial charge in [-0.25, -0.2) is 9.59 Å². The van der Waals surface area contributed by atoms with Crippen molar-refractivity contribution in [2.45, 2.75) is 50.3 Å². The van der Waals surface area contributed by atoms with E-state index in [2.05, 4.69) is 4.98 Å². The number of hydrogen-bond donors (Lipinski definition) is 1. The lowest BCUT2D eigenvalue weighted by atomic mass is 9.89. The molecule has 3 aromatic rings. The molecule has 6 heteroatoms. The summed E-state index contributed by atoms with van der Waals surface area (Å²) in [5.74, 6) is 0. The molecule has 2 aromatic carbocycles. The first kappa shape index (κ1) is 18.0. The lowest BCUT2D eigenvalue weighted by Crippen LogP contribution is -2.41. The number of aromatic amines is 1. The van der Waals surface area contributed by atoms with Gasteiger partial charge in [-0.2, -0.15) is 0 Å². The SMILES string of the molecule is CC1(c2ccccc2)CN([C@H]2CC[C@H](n3c(=O)[nH]c4ccccc43)CC2)C(=O)O1. The van der Waals surface area contributed by atoms with E-state index >= 15 is 0 Å². The van der Waals surface area contributed by atoms with Gasteiger partial charge in [-0.05, 0) is 50.3 Å². The zero-order valence-electron chi connectivity index (χ0n) is 16.5. The number of nitrogens with zero attached hydrogens (tertiary/aromatic N) is 2. The summed E-state index contributed by atoms with van der Waals surface area (Å²) in [4.78, 5) is 30.0. The zero-order chi connectivity index (χ0) is 20.0. The third-order valence-electron chi connectivity index (χ3n) is 6.50. The molecule has 1 saturated heterocycles. The Labute approximate surface area is 169 Å². The molecule has 2 fully saturated rings. The second kappa shape index (κ2) is 6.79. The number of amides is 1. The molecule has 1 atom stereocenters. The molecule has 150 valence electrons. The zero-order valence-corrected chi connectivity index (χ0v) is 16.5. The number of ether oxygens (including phenoxy) is 1. The first-order valence-electron chi connectivity index (χ1n) is 10.3. The highest BCUT2D eigenvalue weighted by Crippen LogP contribution is 2.38. The molecule has 5 rings (SSSR count). The fraction of sp³-hybridized carbons (Fsp3) is 0.391. The summed E-state index contributed by atoms with van der Waals surface area (Å²) in [6.07, 6.45) is 3.26. The van der Waals surface area contributed by atoms with E-state index in [9.17, 15) is 9.59 Å². The van der Waals surface area contributed by atoms with Gasteiger partial charge in [0, 0.05) is 12.1 Å². The summed E-state index contributed by atoms with van der Waals surface area (Å²) >= 11 is 0. The number of imidazole rings is 1. The van der Waals surface area contributed by atoms with Crippen LogP contribution in [0.3, 0.4) is 0 Å². The molecule has 1 N–H and O–H groups in total. The molecule has 6 nitrogen and oxygen atoms in total. The molecule has 2 heterocycles. The van der Waals surface area contributed by atoms with Gasteiger partial charge in [-0.3, -0.25) is 4.57 Å². The van der Waals surface area contributed by atoms with E-state index in [1.54, 1.807) is 0 Å². The van der Waals surface area contributed by atoms with Gasteiger partial charge in [-0.1, -0.05) is 42.5 Å². The average Bonchev–Trinajstić information content (AvgIpc) is 3.25. The molecule has 1 amide bonds. The Kier molecular flexibility index (Phi) is 4.23. The smallest absolute Gasteiger partial charge is 0.411 e. The fourth-order valence-electron chi connectivity index (χ4n) is 4.96. The fourth-order valence-corrected chi connectivity index (χ4v) is 4.96. The Hall–Kier alpha value is -3.02. The molecule has 1 aromatic heterocycles. The number of carbonyl (C=O) groups excluding carboxylic acids is 1. The number of fused-ring (bicyclic) bond motifs is 1. The van der Waals surface area contributed by atoms with Gasteiger partial charge < -0.3 is 14.6 Å². The molecular weight excluding hydrogens is 366 g/mol. The highest BCUT2D eigenvalue weighted by atomic mass is 16.6. The van der Waals surface area contributed by atoms with Crippen molar-refractivity contribution in [1.29, 1.82) is 0 Å². The molecule has 0 bridgehead atoms. The number of rotatable bonds is 3. The van der Waals surface area contributed by atoms with Gasteiger partial charge >= 0.3 is 11.8 Å². The van der Waals surface area contributed by atoms with E-state index in [1.807, 2.05) is 71.0 Å².